The lowest BCUT2D eigenvalue weighted by Crippen LogP contribution is -2.46. The van der Waals surface area contributed by atoms with Gasteiger partial charge >= 0.3 is 0 Å². The van der Waals surface area contributed by atoms with Crippen LogP contribution in [0, 0.1) is 11.6 Å². The Labute approximate surface area is 223 Å². The van der Waals surface area contributed by atoms with Gasteiger partial charge in [0.15, 0.2) is 5.78 Å². The summed E-state index contributed by atoms with van der Waals surface area (Å²) in [6.45, 7) is 2.61. The number of rotatable bonds is 5. The predicted molar refractivity (Wildman–Crippen MR) is 148 cm³/mol. The molecule has 0 saturated carbocycles. The molecule has 9 heteroatoms. The van der Waals surface area contributed by atoms with Crippen molar-refractivity contribution < 1.29 is 18.3 Å². The first-order valence-corrected chi connectivity index (χ1v) is 15.3. The fraction of sp³-hybridized carbons (Fsp3) is 0.370. The topological polar surface area (TPSA) is 53.9 Å². The lowest BCUT2D eigenvalue weighted by atomic mass is 9.74. The van der Waals surface area contributed by atoms with Crippen LogP contribution in [-0.2, 0) is 10.2 Å². The number of carbonyl (C=O) groups is 1. The Balaban J connectivity index is 1.34. The fourth-order valence-corrected chi connectivity index (χ4v) is 10.1. The molecule has 0 amide bonds. The van der Waals surface area contributed by atoms with Crippen LogP contribution in [0.25, 0.3) is 0 Å². The van der Waals surface area contributed by atoms with Crippen molar-refractivity contribution in [2.45, 2.75) is 30.7 Å². The van der Waals surface area contributed by atoms with Gasteiger partial charge in [-0.15, -0.1) is 11.8 Å². The third-order valence-electron chi connectivity index (χ3n) is 7.16. The Kier molecular flexibility index (Phi) is 6.83. The number of Topliss-reactive ketones (excluding diaryl/α,β-unsaturated/α-hetero) is 1. The second kappa shape index (κ2) is 10.1. The van der Waals surface area contributed by atoms with Crippen LogP contribution in [0.15, 0.2) is 62.0 Å². The summed E-state index contributed by atoms with van der Waals surface area (Å²) in [5.41, 5.74) is 0.433. The zero-order valence-electron chi connectivity index (χ0n) is 19.6. The molecule has 6 rings (SSSR count). The van der Waals surface area contributed by atoms with Gasteiger partial charge < -0.3 is 10.1 Å². The van der Waals surface area contributed by atoms with Gasteiger partial charge in [-0.1, -0.05) is 12.1 Å². The van der Waals surface area contributed by atoms with Crippen molar-refractivity contribution in [1.29, 1.82) is 0 Å². The number of benzene rings is 2. The molecular weight excluding hydrogens is 595 g/mol. The second-order valence-electron chi connectivity index (χ2n) is 9.43. The van der Waals surface area contributed by atoms with Gasteiger partial charge in [-0.3, -0.25) is 14.7 Å². The summed E-state index contributed by atoms with van der Waals surface area (Å²) in [4.78, 5) is 22.6. The smallest absolute Gasteiger partial charge is 0.174 e. The van der Waals surface area contributed by atoms with Crippen LogP contribution < -0.4 is 5.32 Å². The molecular formula is C27H26F2IN3O2S. The van der Waals surface area contributed by atoms with E-state index in [1.165, 1.54) is 36.5 Å². The number of hydrogen-bond acceptors (Lipinski definition) is 5. The van der Waals surface area contributed by atoms with E-state index in [4.69, 9.17) is 9.73 Å². The minimum absolute atomic E-state index is 0.0560. The molecule has 4 aliphatic heterocycles. The van der Waals surface area contributed by atoms with Crippen LogP contribution in [0.2, 0.25) is 0 Å². The Morgan fingerprint density at radius 2 is 1.89 bits per heavy atom. The van der Waals surface area contributed by atoms with Gasteiger partial charge in [0.05, 0.1) is 23.0 Å². The number of aliphatic imine (C=N–C) groups is 1. The van der Waals surface area contributed by atoms with Crippen LogP contribution in [0.4, 0.5) is 8.78 Å². The number of nitrogens with zero attached hydrogens (tertiary/aromatic N) is 2. The van der Waals surface area contributed by atoms with Gasteiger partial charge in [-0.2, -0.15) is 0 Å². The molecule has 5 nitrogen and oxygen atoms in total. The van der Waals surface area contributed by atoms with Gasteiger partial charge in [0.2, 0.25) is 0 Å². The molecule has 2 unspecified atom stereocenters. The third-order valence-corrected chi connectivity index (χ3v) is 11.9. The average Bonchev–Trinajstić information content (AvgIpc) is 3.66. The van der Waals surface area contributed by atoms with Crippen LogP contribution in [0.3, 0.4) is 0 Å². The fourth-order valence-electron chi connectivity index (χ4n) is 5.22. The van der Waals surface area contributed by atoms with Crippen molar-refractivity contribution in [3.8, 4) is 0 Å². The molecule has 36 heavy (non-hydrogen) atoms. The second-order valence-corrected chi connectivity index (χ2v) is 13.4. The molecule has 0 radical (unpaired) electrons. The Morgan fingerprint density at radius 3 is 2.61 bits per heavy atom. The summed E-state index contributed by atoms with van der Waals surface area (Å²) in [5, 5.41) is 3.66. The Bertz CT molecular complexity index is 1270. The molecule has 2 saturated heterocycles. The quantitative estimate of drug-likeness (QED) is 0.377. The molecule has 0 spiro atoms. The summed E-state index contributed by atoms with van der Waals surface area (Å²) in [6.07, 6.45) is 2.63. The van der Waals surface area contributed by atoms with Gasteiger partial charge in [0, 0.05) is 34.6 Å². The highest BCUT2D eigenvalue weighted by Gasteiger charge is 2.47. The van der Waals surface area contributed by atoms with E-state index in [0.717, 1.165) is 36.6 Å². The van der Waals surface area contributed by atoms with Crippen molar-refractivity contribution in [2.75, 3.05) is 32.1 Å². The molecule has 0 bridgehead atoms. The summed E-state index contributed by atoms with van der Waals surface area (Å²) < 4.78 is 35.6. The van der Waals surface area contributed by atoms with Crippen LogP contribution in [0.5, 0.6) is 0 Å². The number of amidine groups is 1. The standard InChI is InChI=1S/C27H26F2IN3O2S/c28-19-5-1-17(2-6-19)24(34)27(18-3-7-20(29)8-4-18)11-12-33(16-27)26-30-22-10-14-36-23(22)25(32-26)31-21-9-13-35-15-21/h1-8,21H,9-16H2,(H,31,32). The van der Waals surface area contributed by atoms with Crippen molar-refractivity contribution in [3.63, 3.8) is 0 Å². The van der Waals surface area contributed by atoms with Crippen molar-refractivity contribution in [2.24, 2.45) is 4.99 Å². The van der Waals surface area contributed by atoms with E-state index in [-0.39, 0.29) is 23.5 Å². The number of allylic oxidation sites excluding steroid dienone is 1. The van der Waals surface area contributed by atoms with E-state index >= 15 is 0 Å². The molecule has 1 N–H and O–H groups in total. The van der Waals surface area contributed by atoms with Crippen molar-refractivity contribution >= 4 is 47.9 Å². The number of ketones is 1. The van der Waals surface area contributed by atoms with Gasteiger partial charge in [0.1, 0.15) is 21.2 Å². The number of likely N-dealkylation sites (tertiary alicyclic amines) is 1. The number of thioether (sulfide) groups is 1. The highest BCUT2D eigenvalue weighted by Crippen LogP contribution is 2.44. The number of nitrogens with one attached hydrogen (secondary N) is 1. The molecule has 2 atom stereocenters. The number of halogens is 3. The first kappa shape index (κ1) is 24.4. The zero-order valence-corrected chi connectivity index (χ0v) is 22.6. The van der Waals surface area contributed by atoms with E-state index in [0.29, 0.717) is 31.7 Å². The zero-order chi connectivity index (χ0) is 24.7. The summed E-state index contributed by atoms with van der Waals surface area (Å²) in [5.74, 6) is 1.28. The first-order valence-electron chi connectivity index (χ1n) is 12.1. The molecule has 0 aliphatic carbocycles. The molecule has 2 aromatic rings. The maximum Gasteiger partial charge on any atom is 0.174 e. The van der Waals surface area contributed by atoms with Gasteiger partial charge in [-0.25, -0.2) is 8.78 Å². The maximum absolute atomic E-state index is 14.0. The first-order chi connectivity index (χ1) is 17.5. The van der Waals surface area contributed by atoms with Gasteiger partial charge in [0.25, 0.3) is 0 Å². The lowest BCUT2D eigenvalue weighted by molar-refractivity contribution is 0.0891. The largest absolute Gasteiger partial charge is 0.379 e. The highest BCUT2D eigenvalue weighted by molar-refractivity contribution is 14.2. The maximum atomic E-state index is 14.0. The van der Waals surface area contributed by atoms with E-state index in [2.05, 4.69) is 10.2 Å². The van der Waals surface area contributed by atoms with E-state index in [1.807, 2.05) is 11.8 Å². The predicted octanol–water partition coefficient (Wildman–Crippen LogP) is 4.99. The van der Waals surface area contributed by atoms with Crippen molar-refractivity contribution in [3.05, 3.63) is 79.8 Å². The molecule has 4 aliphatic rings. The lowest BCUT2D eigenvalue weighted by Gasteiger charge is -2.31. The molecule has 2 fully saturated rings. The number of carbonyl (C=O) groups excluding carboxylic acids is 1. The van der Waals surface area contributed by atoms with E-state index < -0.39 is 26.1 Å². The number of ether oxygens (including phenoxy) is 1. The Morgan fingerprint density at radius 1 is 1.14 bits per heavy atom. The van der Waals surface area contributed by atoms with Crippen LogP contribution >= 0.6 is 32.5 Å². The Hall–Kier alpha value is -1.95. The van der Waals surface area contributed by atoms with Crippen molar-refractivity contribution in [1.82, 2.24) is 10.2 Å². The molecule has 2 aromatic carbocycles. The number of hydrogen-bond donors (Lipinski definition) is 1. The van der Waals surface area contributed by atoms with E-state index in [1.54, 1.807) is 24.3 Å². The highest BCUT2D eigenvalue weighted by atomic mass is 127. The molecule has 0 aromatic heterocycles. The van der Waals surface area contributed by atoms with E-state index in [9.17, 15) is 13.6 Å². The minimum atomic E-state index is -0.834. The molecule has 4 heterocycles. The average molecular weight is 621 g/mol. The van der Waals surface area contributed by atoms with Crippen LogP contribution in [-0.4, -0.2) is 58.4 Å². The van der Waals surface area contributed by atoms with Gasteiger partial charge in [-0.05, 0) is 82.0 Å². The monoisotopic (exact) mass is 621 g/mol. The minimum Gasteiger partial charge on any atom is -0.379 e. The van der Waals surface area contributed by atoms with Crippen LogP contribution in [0.1, 0.15) is 35.2 Å². The third kappa shape index (κ3) is 4.59. The SMILES string of the molecule is O=C(c1ccc(F)cc1)C1(c2ccc(F)cc2)CCN(C2=IC3=C(SCC3)C(=NC3CCOC3)N2)C1. The summed E-state index contributed by atoms with van der Waals surface area (Å²) in [7, 11) is 0. The molecule has 188 valence electrons. The summed E-state index contributed by atoms with van der Waals surface area (Å²) >= 11 is 1.49. The summed E-state index contributed by atoms with van der Waals surface area (Å²) in [6, 6.07) is 12.2. The normalized spacial score (nSPS) is 27.6.